The molecule has 0 aromatic heterocycles. The zero-order chi connectivity index (χ0) is 20.6. The number of anilines is 1. The van der Waals surface area contributed by atoms with Crippen molar-refractivity contribution >= 4 is 31.6 Å². The lowest BCUT2D eigenvalue weighted by Gasteiger charge is -2.32. The molecule has 1 aliphatic rings. The molecular formula is C19H21BrF2N2O3S. The number of nitrogens with zero attached hydrogens (tertiary/aromatic N) is 1. The van der Waals surface area contributed by atoms with Crippen LogP contribution in [0.3, 0.4) is 0 Å². The number of ether oxygens (including phenoxy) is 1. The van der Waals surface area contributed by atoms with E-state index in [0.717, 1.165) is 23.6 Å². The molecule has 1 aliphatic carbocycles. The number of rotatable bonds is 5. The number of hydrogen-bond donors (Lipinski definition) is 1. The highest BCUT2D eigenvalue weighted by atomic mass is 79.9. The summed E-state index contributed by atoms with van der Waals surface area (Å²) in [6.07, 6.45) is 2.20. The van der Waals surface area contributed by atoms with Gasteiger partial charge in [0.25, 0.3) is 10.0 Å². The van der Waals surface area contributed by atoms with E-state index in [2.05, 4.69) is 25.6 Å². The Kier molecular flexibility index (Phi) is 5.97. The summed E-state index contributed by atoms with van der Waals surface area (Å²) in [5.74, 6) is -1.20. The highest BCUT2D eigenvalue weighted by Crippen LogP contribution is 2.37. The van der Waals surface area contributed by atoms with Crippen LogP contribution in [0.2, 0.25) is 0 Å². The molecule has 28 heavy (non-hydrogen) atoms. The number of benzene rings is 2. The summed E-state index contributed by atoms with van der Waals surface area (Å²) in [5, 5.41) is 0. The number of likely N-dealkylation sites (N-methyl/N-ethyl adjacent to an activating group) is 1. The third-order valence-electron chi connectivity index (χ3n) is 5.01. The summed E-state index contributed by atoms with van der Waals surface area (Å²) in [5.41, 5.74) is 2.10. The number of methoxy groups -OCH3 is 1. The molecule has 2 aromatic carbocycles. The van der Waals surface area contributed by atoms with E-state index in [1.807, 2.05) is 14.1 Å². The van der Waals surface area contributed by atoms with Gasteiger partial charge in [-0.3, -0.25) is 4.72 Å². The Hall–Kier alpha value is -1.71. The first-order chi connectivity index (χ1) is 13.1. The molecule has 0 unspecified atom stereocenters. The lowest BCUT2D eigenvalue weighted by atomic mass is 9.86. The second kappa shape index (κ2) is 7.96. The van der Waals surface area contributed by atoms with Crippen molar-refractivity contribution in [2.75, 3.05) is 25.9 Å². The van der Waals surface area contributed by atoms with Gasteiger partial charge in [-0.25, -0.2) is 17.2 Å². The Labute approximate surface area is 171 Å². The summed E-state index contributed by atoms with van der Waals surface area (Å²) in [6, 6.07) is 5.06. The van der Waals surface area contributed by atoms with Crippen LogP contribution in [0.1, 0.15) is 17.5 Å². The van der Waals surface area contributed by atoms with Crippen molar-refractivity contribution in [3.05, 3.63) is 51.5 Å². The van der Waals surface area contributed by atoms with E-state index in [4.69, 9.17) is 4.74 Å². The molecule has 0 fully saturated rings. The first kappa shape index (κ1) is 21.0. The summed E-state index contributed by atoms with van der Waals surface area (Å²) >= 11 is 2.85. The molecule has 0 aliphatic heterocycles. The van der Waals surface area contributed by atoms with Gasteiger partial charge in [-0.1, -0.05) is 0 Å². The third-order valence-corrected chi connectivity index (χ3v) is 7.00. The molecular weight excluding hydrogens is 454 g/mol. The van der Waals surface area contributed by atoms with Gasteiger partial charge in [0.1, 0.15) is 22.3 Å². The minimum Gasteiger partial charge on any atom is -0.496 e. The van der Waals surface area contributed by atoms with Gasteiger partial charge in [-0.05, 0) is 79.1 Å². The van der Waals surface area contributed by atoms with Gasteiger partial charge in [0.05, 0.1) is 17.3 Å². The summed E-state index contributed by atoms with van der Waals surface area (Å²) in [4.78, 5) is 1.39. The van der Waals surface area contributed by atoms with Gasteiger partial charge >= 0.3 is 0 Å². The van der Waals surface area contributed by atoms with Crippen molar-refractivity contribution in [1.29, 1.82) is 0 Å². The van der Waals surface area contributed by atoms with Crippen molar-refractivity contribution in [1.82, 2.24) is 4.90 Å². The smallest absolute Gasteiger partial charge is 0.264 e. The predicted octanol–water partition coefficient (Wildman–Crippen LogP) is 3.96. The molecule has 0 heterocycles. The van der Waals surface area contributed by atoms with Gasteiger partial charge in [-0.2, -0.15) is 0 Å². The SMILES string of the molecule is COc1ccc(NS(=O)(=O)c2cc(F)c(Br)cc2F)c2c1C[C@@H](N(C)C)CC2. The summed E-state index contributed by atoms with van der Waals surface area (Å²) < 4.78 is 61.2. The Morgan fingerprint density at radius 1 is 1.18 bits per heavy atom. The van der Waals surface area contributed by atoms with Gasteiger partial charge < -0.3 is 9.64 Å². The van der Waals surface area contributed by atoms with Crippen LogP contribution in [0.5, 0.6) is 5.75 Å². The van der Waals surface area contributed by atoms with E-state index in [-0.39, 0.29) is 4.47 Å². The second-order valence-corrected chi connectivity index (χ2v) is 9.44. The summed E-state index contributed by atoms with van der Waals surface area (Å²) in [6.45, 7) is 0. The number of fused-ring (bicyclic) bond motifs is 1. The number of hydrogen-bond acceptors (Lipinski definition) is 4. The molecule has 0 spiro atoms. The number of sulfonamides is 1. The first-order valence-corrected chi connectivity index (χ1v) is 10.9. The second-order valence-electron chi connectivity index (χ2n) is 6.93. The van der Waals surface area contributed by atoms with Gasteiger partial charge in [0.2, 0.25) is 0 Å². The predicted molar refractivity (Wildman–Crippen MR) is 107 cm³/mol. The fraction of sp³-hybridized carbons (Fsp3) is 0.368. The van der Waals surface area contributed by atoms with Crippen molar-refractivity contribution in [2.24, 2.45) is 0 Å². The van der Waals surface area contributed by atoms with Crippen LogP contribution in [0.15, 0.2) is 33.6 Å². The first-order valence-electron chi connectivity index (χ1n) is 8.66. The third kappa shape index (κ3) is 4.01. The molecule has 3 rings (SSSR count). The Bertz CT molecular complexity index is 1010. The van der Waals surface area contributed by atoms with Crippen molar-refractivity contribution in [3.8, 4) is 5.75 Å². The van der Waals surface area contributed by atoms with Crippen molar-refractivity contribution in [2.45, 2.75) is 30.2 Å². The maximum absolute atomic E-state index is 14.2. The topological polar surface area (TPSA) is 58.6 Å². The van der Waals surface area contributed by atoms with E-state index >= 15 is 0 Å². The standard InChI is InChI=1S/C19H21BrF2N2O3S/c1-24(2)11-4-5-12-13(8-11)18(27-3)7-6-17(12)23-28(25,26)19-10-15(21)14(20)9-16(19)22/h6-7,9-11,23H,4-5,8H2,1-3H3/t11-/m0/s1. The fourth-order valence-corrected chi connectivity index (χ4v) is 4.95. The van der Waals surface area contributed by atoms with Crippen LogP contribution in [0.25, 0.3) is 0 Å². The van der Waals surface area contributed by atoms with Gasteiger partial charge in [-0.15, -0.1) is 0 Å². The van der Waals surface area contributed by atoms with Gasteiger partial charge in [0, 0.05) is 11.6 Å². The quantitative estimate of drug-likeness (QED) is 0.666. The number of nitrogens with one attached hydrogen (secondary N) is 1. The zero-order valence-corrected chi connectivity index (χ0v) is 18.1. The van der Waals surface area contributed by atoms with Crippen molar-refractivity contribution < 1.29 is 21.9 Å². The summed E-state index contributed by atoms with van der Waals surface area (Å²) in [7, 11) is 1.26. The van der Waals surface area contributed by atoms with Crippen LogP contribution in [-0.4, -0.2) is 40.6 Å². The fourth-order valence-electron chi connectivity index (χ4n) is 3.47. The molecule has 0 saturated heterocycles. The van der Waals surface area contributed by atoms with Crippen LogP contribution < -0.4 is 9.46 Å². The molecule has 0 amide bonds. The molecule has 1 N–H and O–H groups in total. The minimum atomic E-state index is -4.30. The number of halogens is 3. The zero-order valence-electron chi connectivity index (χ0n) is 15.7. The Balaban J connectivity index is 2.02. The van der Waals surface area contributed by atoms with E-state index in [9.17, 15) is 17.2 Å². The average molecular weight is 475 g/mol. The monoisotopic (exact) mass is 474 g/mol. The minimum absolute atomic E-state index is 0.138. The molecule has 0 saturated carbocycles. The molecule has 152 valence electrons. The van der Waals surface area contributed by atoms with Gasteiger partial charge in [0.15, 0.2) is 0 Å². The van der Waals surface area contributed by atoms with Crippen molar-refractivity contribution in [3.63, 3.8) is 0 Å². The van der Waals surface area contributed by atoms with Crippen LogP contribution in [0.4, 0.5) is 14.5 Å². The van der Waals surface area contributed by atoms with E-state index < -0.39 is 26.6 Å². The largest absolute Gasteiger partial charge is 0.496 e. The highest BCUT2D eigenvalue weighted by Gasteiger charge is 2.28. The van der Waals surface area contributed by atoms with Crippen LogP contribution >= 0.6 is 15.9 Å². The van der Waals surface area contributed by atoms with E-state index in [1.54, 1.807) is 19.2 Å². The lowest BCUT2D eigenvalue weighted by Crippen LogP contribution is -2.34. The van der Waals surface area contributed by atoms with Crippen LogP contribution in [-0.2, 0) is 22.9 Å². The van der Waals surface area contributed by atoms with Crippen LogP contribution in [0, 0.1) is 11.6 Å². The molecule has 0 radical (unpaired) electrons. The maximum Gasteiger partial charge on any atom is 0.264 e. The molecule has 0 bridgehead atoms. The average Bonchev–Trinajstić information content (AvgIpc) is 2.64. The lowest BCUT2D eigenvalue weighted by molar-refractivity contribution is 0.265. The maximum atomic E-state index is 14.2. The molecule has 2 aromatic rings. The Morgan fingerprint density at radius 3 is 2.54 bits per heavy atom. The van der Waals surface area contributed by atoms with E-state index in [1.165, 1.54) is 0 Å². The Morgan fingerprint density at radius 2 is 1.89 bits per heavy atom. The highest BCUT2D eigenvalue weighted by molar-refractivity contribution is 9.10. The van der Waals surface area contributed by atoms with E-state index in [0.29, 0.717) is 36.4 Å². The molecule has 5 nitrogen and oxygen atoms in total. The molecule has 1 atom stereocenters. The normalized spacial score (nSPS) is 16.8. The molecule has 9 heteroatoms.